The smallest absolute Gasteiger partial charge is 0.289 e. The summed E-state index contributed by atoms with van der Waals surface area (Å²) in [6, 6.07) is 1.93. The maximum atomic E-state index is 12.3. The van der Waals surface area contributed by atoms with Crippen LogP contribution in [0.5, 0.6) is 0 Å². The summed E-state index contributed by atoms with van der Waals surface area (Å²) in [7, 11) is 0. The van der Waals surface area contributed by atoms with Crippen LogP contribution in [0.25, 0.3) is 0 Å². The number of likely N-dealkylation sites (tertiary alicyclic amines) is 1. The molecule has 22 heavy (non-hydrogen) atoms. The van der Waals surface area contributed by atoms with Gasteiger partial charge in [-0.25, -0.2) is 0 Å². The van der Waals surface area contributed by atoms with Crippen molar-refractivity contribution in [2.75, 3.05) is 18.8 Å². The number of nitrogens with zero attached hydrogens (tertiary/aromatic N) is 2. The van der Waals surface area contributed by atoms with Crippen molar-refractivity contribution >= 4 is 40.2 Å². The molecule has 7 heteroatoms. The van der Waals surface area contributed by atoms with Crippen LogP contribution in [0.4, 0.5) is 4.79 Å². The summed E-state index contributed by atoms with van der Waals surface area (Å²) in [5.41, 5.74) is 1.24. The Balaban J connectivity index is 1.54. The van der Waals surface area contributed by atoms with E-state index in [-0.39, 0.29) is 28.8 Å². The van der Waals surface area contributed by atoms with Crippen molar-refractivity contribution in [3.05, 3.63) is 21.9 Å². The van der Waals surface area contributed by atoms with Crippen LogP contribution in [0.15, 0.2) is 11.4 Å². The molecule has 3 amide bonds. The Hall–Kier alpha value is -1.34. The Morgan fingerprint density at radius 1 is 1.41 bits per heavy atom. The molecule has 0 spiro atoms. The second kappa shape index (κ2) is 6.42. The Labute approximate surface area is 137 Å². The summed E-state index contributed by atoms with van der Waals surface area (Å²) >= 11 is 2.74. The first-order valence-corrected chi connectivity index (χ1v) is 9.22. The molecule has 0 unspecified atom stereocenters. The van der Waals surface area contributed by atoms with Gasteiger partial charge in [0, 0.05) is 24.4 Å². The van der Waals surface area contributed by atoms with Crippen LogP contribution in [0.3, 0.4) is 0 Å². The van der Waals surface area contributed by atoms with Gasteiger partial charge in [0.15, 0.2) is 0 Å². The van der Waals surface area contributed by atoms with Crippen molar-refractivity contribution in [2.24, 2.45) is 0 Å². The van der Waals surface area contributed by atoms with Crippen molar-refractivity contribution in [2.45, 2.75) is 32.2 Å². The second-order valence-electron chi connectivity index (χ2n) is 5.63. The molecule has 2 fully saturated rings. The summed E-state index contributed by atoms with van der Waals surface area (Å²) < 4.78 is 0. The van der Waals surface area contributed by atoms with E-state index in [1.54, 1.807) is 16.2 Å². The Morgan fingerprint density at radius 3 is 2.86 bits per heavy atom. The molecule has 0 aliphatic carbocycles. The van der Waals surface area contributed by atoms with Crippen LogP contribution in [0.2, 0.25) is 0 Å². The highest BCUT2D eigenvalue weighted by atomic mass is 32.2. The molecule has 3 heterocycles. The summed E-state index contributed by atoms with van der Waals surface area (Å²) in [5, 5.41) is 1.88. The number of rotatable bonds is 4. The molecule has 0 N–H and O–H groups in total. The van der Waals surface area contributed by atoms with E-state index in [2.05, 4.69) is 13.0 Å². The van der Waals surface area contributed by atoms with Crippen molar-refractivity contribution in [1.29, 1.82) is 0 Å². The number of aryl methyl sites for hydroxylation is 2. The number of thiophene rings is 1. The molecule has 118 valence electrons. The van der Waals surface area contributed by atoms with E-state index in [1.165, 1.54) is 15.3 Å². The first kappa shape index (κ1) is 15.6. The highest BCUT2D eigenvalue weighted by Crippen LogP contribution is 2.26. The summed E-state index contributed by atoms with van der Waals surface area (Å²) in [6.45, 7) is 3.18. The van der Waals surface area contributed by atoms with E-state index >= 15 is 0 Å². The van der Waals surface area contributed by atoms with Crippen molar-refractivity contribution in [1.82, 2.24) is 9.80 Å². The van der Waals surface area contributed by atoms with E-state index in [0.29, 0.717) is 25.9 Å². The zero-order chi connectivity index (χ0) is 15.7. The van der Waals surface area contributed by atoms with Gasteiger partial charge in [-0.2, -0.15) is 0 Å². The first-order chi connectivity index (χ1) is 10.6. The average molecular weight is 338 g/mol. The molecule has 0 saturated carbocycles. The average Bonchev–Trinajstić information content (AvgIpc) is 3.18. The van der Waals surface area contributed by atoms with E-state index in [1.807, 2.05) is 5.38 Å². The van der Waals surface area contributed by atoms with Crippen molar-refractivity contribution in [3.8, 4) is 0 Å². The van der Waals surface area contributed by atoms with E-state index in [0.717, 1.165) is 18.2 Å². The van der Waals surface area contributed by atoms with Gasteiger partial charge < -0.3 is 4.90 Å². The molecule has 2 saturated heterocycles. The second-order valence-corrected chi connectivity index (χ2v) is 7.55. The third kappa shape index (κ3) is 3.05. The van der Waals surface area contributed by atoms with Crippen LogP contribution in [-0.2, 0) is 16.0 Å². The fourth-order valence-electron chi connectivity index (χ4n) is 2.93. The number of carbonyl (C=O) groups excluding carboxylic acids is 3. The van der Waals surface area contributed by atoms with Crippen LogP contribution >= 0.6 is 23.1 Å². The summed E-state index contributed by atoms with van der Waals surface area (Å²) in [5.74, 6) is 0.228. The molecule has 2 aliphatic rings. The van der Waals surface area contributed by atoms with E-state index in [9.17, 15) is 14.4 Å². The minimum absolute atomic E-state index is 0.113. The van der Waals surface area contributed by atoms with Gasteiger partial charge in [-0.1, -0.05) is 11.8 Å². The van der Waals surface area contributed by atoms with Gasteiger partial charge in [-0.05, 0) is 36.8 Å². The van der Waals surface area contributed by atoms with Gasteiger partial charge in [0.05, 0.1) is 11.8 Å². The largest absolute Gasteiger partial charge is 0.341 e. The van der Waals surface area contributed by atoms with Crippen LogP contribution < -0.4 is 0 Å². The molecule has 2 aliphatic heterocycles. The molecular formula is C15H18N2O3S2. The lowest BCUT2D eigenvalue weighted by Crippen LogP contribution is -2.41. The zero-order valence-corrected chi connectivity index (χ0v) is 14.0. The SMILES string of the molecule is Cc1ccsc1CCC(=O)N1CC[C@H](N2C(=O)CSC2=O)C1. The van der Waals surface area contributed by atoms with Crippen LogP contribution in [-0.4, -0.2) is 51.7 Å². The standard InChI is InChI=1S/C15H18N2O3S2/c1-10-5-7-21-12(10)2-3-13(18)16-6-4-11(8-16)17-14(19)9-22-15(17)20/h5,7,11H,2-4,6,8-9H2,1H3/t11-/m0/s1. The van der Waals surface area contributed by atoms with Crippen LogP contribution in [0.1, 0.15) is 23.3 Å². The molecule has 1 aromatic heterocycles. The Bertz CT molecular complexity index is 598. The third-order valence-corrected chi connectivity index (χ3v) is 6.12. The lowest BCUT2D eigenvalue weighted by molar-refractivity contribution is -0.131. The van der Waals surface area contributed by atoms with Crippen molar-refractivity contribution in [3.63, 3.8) is 0 Å². The minimum atomic E-state index is -0.168. The molecule has 1 aromatic rings. The monoisotopic (exact) mass is 338 g/mol. The minimum Gasteiger partial charge on any atom is -0.341 e. The molecule has 3 rings (SSSR count). The predicted molar refractivity (Wildman–Crippen MR) is 87.1 cm³/mol. The van der Waals surface area contributed by atoms with Gasteiger partial charge >= 0.3 is 0 Å². The number of thioether (sulfide) groups is 1. The molecule has 5 nitrogen and oxygen atoms in total. The van der Waals surface area contributed by atoms with Gasteiger partial charge in [0.25, 0.3) is 5.24 Å². The Morgan fingerprint density at radius 2 is 2.23 bits per heavy atom. The molecule has 0 aromatic carbocycles. The topological polar surface area (TPSA) is 57.7 Å². The fourth-order valence-corrected chi connectivity index (χ4v) is 4.62. The number of hydrogen-bond donors (Lipinski definition) is 0. The maximum Gasteiger partial charge on any atom is 0.289 e. The zero-order valence-electron chi connectivity index (χ0n) is 12.4. The maximum absolute atomic E-state index is 12.3. The Kier molecular flexibility index (Phi) is 4.54. The fraction of sp³-hybridized carbons (Fsp3) is 0.533. The van der Waals surface area contributed by atoms with E-state index < -0.39 is 0 Å². The van der Waals surface area contributed by atoms with Crippen molar-refractivity contribution < 1.29 is 14.4 Å². The summed E-state index contributed by atoms with van der Waals surface area (Å²) in [4.78, 5) is 40.2. The van der Waals surface area contributed by atoms with Gasteiger partial charge in [-0.15, -0.1) is 11.3 Å². The third-order valence-electron chi connectivity index (χ3n) is 4.20. The lowest BCUT2D eigenvalue weighted by Gasteiger charge is -2.21. The highest BCUT2D eigenvalue weighted by molar-refractivity contribution is 8.14. The molecule has 0 radical (unpaired) electrons. The lowest BCUT2D eigenvalue weighted by atomic mass is 10.2. The molecular weight excluding hydrogens is 320 g/mol. The van der Waals surface area contributed by atoms with Gasteiger partial charge in [0.2, 0.25) is 11.8 Å². The predicted octanol–water partition coefficient (Wildman–Crippen LogP) is 2.29. The number of amides is 3. The number of carbonyl (C=O) groups is 3. The number of hydrogen-bond acceptors (Lipinski definition) is 5. The van der Waals surface area contributed by atoms with Gasteiger partial charge in [-0.3, -0.25) is 19.3 Å². The number of imide groups is 1. The normalized spacial score (nSPS) is 22.0. The summed E-state index contributed by atoms with van der Waals surface area (Å²) in [6.07, 6.45) is 1.95. The van der Waals surface area contributed by atoms with Gasteiger partial charge in [0.1, 0.15) is 0 Å². The highest BCUT2D eigenvalue weighted by Gasteiger charge is 2.40. The van der Waals surface area contributed by atoms with Crippen LogP contribution in [0, 0.1) is 6.92 Å². The molecule has 1 atom stereocenters. The van der Waals surface area contributed by atoms with E-state index in [4.69, 9.17) is 0 Å². The first-order valence-electron chi connectivity index (χ1n) is 7.36. The quantitative estimate of drug-likeness (QED) is 0.845. The molecule has 0 bridgehead atoms.